The summed E-state index contributed by atoms with van der Waals surface area (Å²) in [5.74, 6) is -0.396. The second-order valence-corrected chi connectivity index (χ2v) is 8.31. The summed E-state index contributed by atoms with van der Waals surface area (Å²) in [6.07, 6.45) is 9.87. The Bertz CT molecular complexity index is 501. The minimum atomic E-state index is -0.775. The number of benzene rings is 1. The lowest BCUT2D eigenvalue weighted by Crippen LogP contribution is -2.42. The quantitative estimate of drug-likeness (QED) is 0.373. The maximum atomic E-state index is 14.4. The summed E-state index contributed by atoms with van der Waals surface area (Å²) in [5.41, 5.74) is 0.141. The van der Waals surface area contributed by atoms with Gasteiger partial charge < -0.3 is 5.32 Å². The molecule has 0 spiro atoms. The van der Waals surface area contributed by atoms with Crippen LogP contribution in [0.15, 0.2) is 18.2 Å². The van der Waals surface area contributed by atoms with E-state index in [0.717, 1.165) is 44.9 Å². The van der Waals surface area contributed by atoms with Crippen LogP contribution in [0.25, 0.3) is 0 Å². The molecular formula is C23H39F2N. The Morgan fingerprint density at radius 1 is 0.923 bits per heavy atom. The second kappa shape index (κ2) is 11.6. The van der Waals surface area contributed by atoms with E-state index < -0.39 is 11.6 Å². The van der Waals surface area contributed by atoms with Gasteiger partial charge in [0, 0.05) is 5.54 Å². The van der Waals surface area contributed by atoms with E-state index in [-0.39, 0.29) is 5.54 Å². The first kappa shape index (κ1) is 22.9. The van der Waals surface area contributed by atoms with Gasteiger partial charge in [-0.15, -0.1) is 0 Å². The molecule has 2 unspecified atom stereocenters. The molecule has 2 atom stereocenters. The monoisotopic (exact) mass is 367 g/mol. The van der Waals surface area contributed by atoms with Gasteiger partial charge in [0.2, 0.25) is 0 Å². The zero-order valence-electron chi connectivity index (χ0n) is 17.5. The highest BCUT2D eigenvalue weighted by atomic mass is 19.2. The number of unbranched alkanes of at least 4 members (excludes halogenated alkanes) is 1. The molecule has 0 fully saturated rings. The minimum absolute atomic E-state index is 0.173. The molecule has 1 nitrogen and oxygen atoms in total. The van der Waals surface area contributed by atoms with Crippen molar-refractivity contribution in [2.45, 2.75) is 97.9 Å². The fraction of sp³-hybridized carbons (Fsp3) is 0.739. The number of hydrogen-bond acceptors (Lipinski definition) is 1. The lowest BCUT2D eigenvalue weighted by Gasteiger charge is -2.40. The Morgan fingerprint density at radius 2 is 1.50 bits per heavy atom. The fourth-order valence-electron chi connectivity index (χ4n) is 4.38. The molecule has 0 bridgehead atoms. The van der Waals surface area contributed by atoms with Crippen LogP contribution in [0.2, 0.25) is 0 Å². The lowest BCUT2D eigenvalue weighted by atomic mass is 9.75. The second-order valence-electron chi connectivity index (χ2n) is 8.31. The van der Waals surface area contributed by atoms with Gasteiger partial charge in [0.1, 0.15) is 0 Å². The number of nitrogens with one attached hydrogen (secondary N) is 1. The van der Waals surface area contributed by atoms with Crippen molar-refractivity contribution in [3.63, 3.8) is 0 Å². The van der Waals surface area contributed by atoms with Gasteiger partial charge in [-0.1, -0.05) is 79.2 Å². The van der Waals surface area contributed by atoms with Crippen molar-refractivity contribution in [1.29, 1.82) is 0 Å². The molecule has 26 heavy (non-hydrogen) atoms. The molecule has 0 aliphatic carbocycles. The van der Waals surface area contributed by atoms with Crippen molar-refractivity contribution in [2.24, 2.45) is 11.8 Å². The maximum absolute atomic E-state index is 14.4. The van der Waals surface area contributed by atoms with E-state index in [2.05, 4.69) is 39.9 Å². The zero-order chi connectivity index (χ0) is 19.6. The standard InChI is InChI=1S/C23H39F2N/c1-6-9-15-23(16-18(4)11-7-2,17-19(5)12-8-3)26-21-14-10-13-20(24)22(21)25/h10,13-14,18-19,26H,6-9,11-12,15-17H2,1-5H3. The predicted octanol–water partition coefficient (Wildman–Crippen LogP) is 7.96. The molecule has 0 saturated heterocycles. The Labute approximate surface area is 160 Å². The number of halogens is 2. The Kier molecular flexibility index (Phi) is 10.2. The molecule has 0 aliphatic rings. The van der Waals surface area contributed by atoms with Crippen LogP contribution in [-0.4, -0.2) is 5.54 Å². The van der Waals surface area contributed by atoms with Gasteiger partial charge in [-0.3, -0.25) is 0 Å². The average molecular weight is 368 g/mol. The molecule has 150 valence electrons. The van der Waals surface area contributed by atoms with Crippen molar-refractivity contribution >= 4 is 5.69 Å². The van der Waals surface area contributed by atoms with Crippen LogP contribution in [-0.2, 0) is 0 Å². The van der Waals surface area contributed by atoms with Crippen LogP contribution in [0.4, 0.5) is 14.5 Å². The molecular weight excluding hydrogens is 328 g/mol. The molecule has 0 aromatic heterocycles. The van der Waals surface area contributed by atoms with Gasteiger partial charge in [-0.05, 0) is 43.2 Å². The number of anilines is 1. The molecule has 1 aromatic rings. The van der Waals surface area contributed by atoms with Crippen molar-refractivity contribution in [1.82, 2.24) is 0 Å². The predicted molar refractivity (Wildman–Crippen MR) is 110 cm³/mol. The van der Waals surface area contributed by atoms with E-state index in [0.29, 0.717) is 17.5 Å². The summed E-state index contributed by atoms with van der Waals surface area (Å²) in [5, 5.41) is 3.50. The maximum Gasteiger partial charge on any atom is 0.181 e. The first-order valence-electron chi connectivity index (χ1n) is 10.6. The average Bonchev–Trinajstić information content (AvgIpc) is 2.57. The third-order valence-corrected chi connectivity index (χ3v) is 5.40. The van der Waals surface area contributed by atoms with Crippen molar-refractivity contribution in [2.75, 3.05) is 5.32 Å². The topological polar surface area (TPSA) is 12.0 Å². The van der Waals surface area contributed by atoms with E-state index in [9.17, 15) is 8.78 Å². The zero-order valence-corrected chi connectivity index (χ0v) is 17.5. The van der Waals surface area contributed by atoms with Crippen LogP contribution in [0, 0.1) is 23.5 Å². The summed E-state index contributed by atoms with van der Waals surface area (Å²) in [6, 6.07) is 4.46. The molecule has 0 amide bonds. The third-order valence-electron chi connectivity index (χ3n) is 5.40. The first-order valence-corrected chi connectivity index (χ1v) is 10.6. The molecule has 3 heteroatoms. The SMILES string of the molecule is CCCCC(CC(C)CCC)(CC(C)CCC)Nc1cccc(F)c1F. The van der Waals surface area contributed by atoms with Crippen LogP contribution >= 0.6 is 0 Å². The van der Waals surface area contributed by atoms with Gasteiger partial charge in [0.15, 0.2) is 11.6 Å². The van der Waals surface area contributed by atoms with Gasteiger partial charge in [0.05, 0.1) is 5.69 Å². The number of rotatable bonds is 13. The molecule has 1 rings (SSSR count). The molecule has 1 N–H and O–H groups in total. The first-order chi connectivity index (χ1) is 12.4. The van der Waals surface area contributed by atoms with Crippen LogP contribution in [0.5, 0.6) is 0 Å². The molecule has 0 heterocycles. The highest BCUT2D eigenvalue weighted by Gasteiger charge is 2.33. The van der Waals surface area contributed by atoms with E-state index >= 15 is 0 Å². The van der Waals surface area contributed by atoms with E-state index in [1.54, 1.807) is 12.1 Å². The van der Waals surface area contributed by atoms with Crippen molar-refractivity contribution in [3.05, 3.63) is 29.8 Å². The van der Waals surface area contributed by atoms with Crippen LogP contribution < -0.4 is 5.32 Å². The molecule has 0 aliphatic heterocycles. The van der Waals surface area contributed by atoms with E-state index in [4.69, 9.17) is 0 Å². The van der Waals surface area contributed by atoms with Gasteiger partial charge in [-0.2, -0.15) is 0 Å². The smallest absolute Gasteiger partial charge is 0.181 e. The largest absolute Gasteiger partial charge is 0.377 e. The molecule has 1 aromatic carbocycles. The lowest BCUT2D eigenvalue weighted by molar-refractivity contribution is 0.257. The highest BCUT2D eigenvalue weighted by molar-refractivity contribution is 5.47. The van der Waals surface area contributed by atoms with E-state index in [1.807, 2.05) is 0 Å². The molecule has 0 radical (unpaired) electrons. The normalized spacial score (nSPS) is 16.1. The Morgan fingerprint density at radius 3 is 2.00 bits per heavy atom. The highest BCUT2D eigenvalue weighted by Crippen LogP contribution is 2.37. The van der Waals surface area contributed by atoms with Crippen molar-refractivity contribution in [3.8, 4) is 0 Å². The fourth-order valence-corrected chi connectivity index (χ4v) is 4.38. The minimum Gasteiger partial charge on any atom is -0.377 e. The Balaban J connectivity index is 3.17. The van der Waals surface area contributed by atoms with Gasteiger partial charge in [-0.25, -0.2) is 8.78 Å². The summed E-state index contributed by atoms with van der Waals surface area (Å²) in [7, 11) is 0. The van der Waals surface area contributed by atoms with Crippen LogP contribution in [0.1, 0.15) is 92.4 Å². The van der Waals surface area contributed by atoms with E-state index in [1.165, 1.54) is 18.9 Å². The molecule has 0 saturated carbocycles. The van der Waals surface area contributed by atoms with Crippen LogP contribution in [0.3, 0.4) is 0 Å². The summed E-state index contributed by atoms with van der Waals surface area (Å²) in [6.45, 7) is 11.2. The van der Waals surface area contributed by atoms with Gasteiger partial charge >= 0.3 is 0 Å². The van der Waals surface area contributed by atoms with Crippen molar-refractivity contribution < 1.29 is 8.78 Å². The Hall–Kier alpha value is -1.12. The summed E-state index contributed by atoms with van der Waals surface area (Å²) >= 11 is 0. The third kappa shape index (κ3) is 7.25. The summed E-state index contributed by atoms with van der Waals surface area (Å²) < 4.78 is 28.1. The van der Waals surface area contributed by atoms with Gasteiger partial charge in [0.25, 0.3) is 0 Å². The number of hydrogen-bond donors (Lipinski definition) is 1. The summed E-state index contributed by atoms with van der Waals surface area (Å²) in [4.78, 5) is 0.